The number of aldehydes is 1. The van der Waals surface area contributed by atoms with E-state index >= 15 is 0 Å². The van der Waals surface area contributed by atoms with Gasteiger partial charge in [0.2, 0.25) is 10.0 Å². The van der Waals surface area contributed by atoms with Crippen LogP contribution in [0.25, 0.3) is 0 Å². The molecule has 14 nitrogen and oxygen atoms in total. The van der Waals surface area contributed by atoms with Crippen LogP contribution in [-0.2, 0) is 44.3 Å². The molecule has 0 radical (unpaired) electrons. The molecule has 0 unspecified atom stereocenters. The summed E-state index contributed by atoms with van der Waals surface area (Å²) in [7, 11) is -7.55. The van der Waals surface area contributed by atoms with E-state index in [1.165, 1.54) is 28.6 Å². The molecule has 2 aliphatic rings. The van der Waals surface area contributed by atoms with Crippen molar-refractivity contribution in [2.24, 2.45) is 11.8 Å². The molecule has 0 spiro atoms. The number of fused-ring (bicyclic) bond motifs is 1. The Labute approximate surface area is 300 Å². The number of aliphatic hydroxyl groups is 1. The van der Waals surface area contributed by atoms with E-state index in [9.17, 15) is 27.7 Å². The first-order valence-corrected chi connectivity index (χ1v) is 20.7. The van der Waals surface area contributed by atoms with Crippen LogP contribution in [0.3, 0.4) is 0 Å². The van der Waals surface area contributed by atoms with Gasteiger partial charge in [-0.25, -0.2) is 13.2 Å². The third-order valence-electron chi connectivity index (χ3n) is 9.09. The van der Waals surface area contributed by atoms with Crippen molar-refractivity contribution in [3.63, 3.8) is 0 Å². The quantitative estimate of drug-likeness (QED) is 0.129. The fourth-order valence-electron chi connectivity index (χ4n) is 6.10. The van der Waals surface area contributed by atoms with Gasteiger partial charge in [-0.3, -0.25) is 9.36 Å². The Kier molecular flexibility index (Phi) is 15.4. The molecule has 1 amide bonds. The van der Waals surface area contributed by atoms with E-state index in [0.717, 1.165) is 0 Å². The maximum Gasteiger partial charge on any atom is 0.407 e. The predicted octanol–water partition coefficient (Wildman–Crippen LogP) is 4.99. The van der Waals surface area contributed by atoms with Crippen LogP contribution in [0.2, 0.25) is 0 Å². The minimum atomic E-state index is -4.11. The first-order chi connectivity index (χ1) is 24.4. The summed E-state index contributed by atoms with van der Waals surface area (Å²) in [5.41, 5.74) is 1.03. The number of carbonyl (C=O) groups excluding carboxylic acids is 2. The zero-order valence-corrected chi connectivity index (χ0v) is 31.4. The van der Waals surface area contributed by atoms with Crippen molar-refractivity contribution in [1.29, 1.82) is 0 Å². The molecule has 0 aromatic heterocycles. The number of hydrogen-bond acceptors (Lipinski definition) is 12. The third-order valence-corrected chi connectivity index (χ3v) is 12.7. The van der Waals surface area contributed by atoms with Gasteiger partial charge in [-0.1, -0.05) is 51.0 Å². The molecule has 0 saturated carbocycles. The van der Waals surface area contributed by atoms with Crippen molar-refractivity contribution in [3.8, 4) is 5.75 Å². The second-order valence-corrected chi connectivity index (χ2v) is 16.5. The fourth-order valence-corrected chi connectivity index (χ4v) is 8.95. The molecule has 2 saturated heterocycles. The number of amides is 1. The summed E-state index contributed by atoms with van der Waals surface area (Å²) < 4.78 is 75.1. The number of rotatable bonds is 21. The van der Waals surface area contributed by atoms with Crippen LogP contribution in [-0.4, -0.2) is 101 Å². The predicted molar refractivity (Wildman–Crippen MR) is 188 cm³/mol. The number of nitrogens with zero attached hydrogens (tertiary/aromatic N) is 1. The molecule has 2 aromatic rings. The van der Waals surface area contributed by atoms with Crippen molar-refractivity contribution < 1.29 is 55.7 Å². The highest BCUT2D eigenvalue weighted by atomic mass is 32.2. The molecule has 16 heteroatoms. The van der Waals surface area contributed by atoms with Gasteiger partial charge in [-0.05, 0) is 62.4 Å². The fraction of sp³-hybridized carbons (Fsp3) is 0.600. The molecule has 0 bridgehead atoms. The van der Waals surface area contributed by atoms with E-state index < -0.39 is 48.3 Å². The van der Waals surface area contributed by atoms with Crippen LogP contribution in [0.4, 0.5) is 4.79 Å². The molecule has 4 rings (SSSR count). The van der Waals surface area contributed by atoms with Gasteiger partial charge in [-0.2, -0.15) is 4.31 Å². The van der Waals surface area contributed by atoms with Crippen LogP contribution >= 0.6 is 7.60 Å². The topological polar surface area (TPSA) is 176 Å². The van der Waals surface area contributed by atoms with E-state index in [-0.39, 0.29) is 62.4 Å². The number of ether oxygens (including phenoxy) is 4. The average molecular weight is 755 g/mol. The third kappa shape index (κ3) is 11.3. The molecule has 2 aromatic carbocycles. The summed E-state index contributed by atoms with van der Waals surface area (Å²) in [6, 6.07) is 11.4. The van der Waals surface area contributed by atoms with E-state index in [4.69, 9.17) is 28.0 Å². The van der Waals surface area contributed by atoms with Crippen molar-refractivity contribution in [2.45, 2.75) is 82.8 Å². The van der Waals surface area contributed by atoms with Crippen molar-refractivity contribution in [1.82, 2.24) is 9.62 Å². The summed E-state index contributed by atoms with van der Waals surface area (Å²) in [6.45, 7) is 8.27. The molecule has 2 heterocycles. The second-order valence-electron chi connectivity index (χ2n) is 12.5. The van der Waals surface area contributed by atoms with E-state index in [2.05, 4.69) is 5.32 Å². The maximum absolute atomic E-state index is 14.0. The Bertz CT molecular complexity index is 1550. The highest BCUT2D eigenvalue weighted by Crippen LogP contribution is 2.47. The summed E-state index contributed by atoms with van der Waals surface area (Å²) in [5.74, 6) is 0.314. The molecule has 2 aliphatic heterocycles. The Morgan fingerprint density at radius 1 is 1.02 bits per heavy atom. The van der Waals surface area contributed by atoms with Crippen molar-refractivity contribution >= 4 is 30.0 Å². The Balaban J connectivity index is 1.55. The van der Waals surface area contributed by atoms with Crippen LogP contribution in [0.15, 0.2) is 53.4 Å². The zero-order valence-electron chi connectivity index (χ0n) is 29.7. The lowest BCUT2D eigenvalue weighted by Crippen LogP contribution is -2.52. The Morgan fingerprint density at radius 2 is 1.69 bits per heavy atom. The standard InChI is InChI=1S/C35H51N2O12PS/c1-5-25(6-2)20-37(51(42,43)29-15-11-27(22-38)12-16-29)21-32(39)31(36-35(40)49-33-23-45-34-30(33)17-18-44-34)19-26-9-13-28(14-10-26)46-24-50(41,47-7-3)48-8-4/h9-16,22,25,30-34,39H,5-8,17-21,23-24H2,1-4H3,(H,36,40)/t30-,31-,32+,33-,34+/m0/s1. The van der Waals surface area contributed by atoms with E-state index in [1.54, 1.807) is 38.1 Å². The highest BCUT2D eigenvalue weighted by Gasteiger charge is 2.44. The SMILES string of the molecule is CCOP(=O)(COc1ccc(C[C@H](NC(=O)O[C@H]2CO[C@H]3OCC[C@H]32)[C@H](O)CN(CC(CC)CC)S(=O)(=O)c2ccc(C=O)cc2)cc1)OCC. The van der Waals surface area contributed by atoms with Gasteiger partial charge in [-0.15, -0.1) is 0 Å². The summed E-state index contributed by atoms with van der Waals surface area (Å²) in [4.78, 5) is 24.5. The number of carbonyl (C=O) groups is 2. The van der Waals surface area contributed by atoms with Gasteiger partial charge in [0.1, 0.15) is 18.1 Å². The van der Waals surface area contributed by atoms with Crippen LogP contribution in [0.5, 0.6) is 5.75 Å². The Hall–Kier alpha value is -2.88. The minimum Gasteiger partial charge on any atom is -0.481 e. The van der Waals surface area contributed by atoms with Crippen LogP contribution in [0, 0.1) is 11.8 Å². The lowest BCUT2D eigenvalue weighted by Gasteiger charge is -2.31. The number of aliphatic hydroxyl groups excluding tert-OH is 1. The number of sulfonamides is 1. The second kappa shape index (κ2) is 19.3. The van der Waals surface area contributed by atoms with Crippen LogP contribution in [0.1, 0.15) is 62.9 Å². The number of hydrogen-bond donors (Lipinski definition) is 2. The average Bonchev–Trinajstić information content (AvgIpc) is 3.75. The number of nitrogens with one attached hydrogen (secondary N) is 1. The first-order valence-electron chi connectivity index (χ1n) is 17.5. The molecule has 51 heavy (non-hydrogen) atoms. The molecule has 2 N–H and O–H groups in total. The normalized spacial score (nSPS) is 20.3. The molecule has 2 fully saturated rings. The van der Waals surface area contributed by atoms with Gasteiger partial charge >= 0.3 is 13.7 Å². The molecule has 5 atom stereocenters. The highest BCUT2D eigenvalue weighted by molar-refractivity contribution is 7.89. The van der Waals surface area contributed by atoms with E-state index in [1.807, 2.05) is 13.8 Å². The van der Waals surface area contributed by atoms with Gasteiger partial charge in [0, 0.05) is 18.7 Å². The van der Waals surface area contributed by atoms with Crippen molar-refractivity contribution in [2.75, 3.05) is 45.9 Å². The lowest BCUT2D eigenvalue weighted by molar-refractivity contribution is -0.0907. The first kappa shape index (κ1) is 40.9. The largest absolute Gasteiger partial charge is 0.481 e. The minimum absolute atomic E-state index is 0.00911. The maximum atomic E-state index is 14.0. The summed E-state index contributed by atoms with van der Waals surface area (Å²) in [6.07, 6.45) is -0.523. The number of alkyl carbamates (subject to hydrolysis) is 1. The summed E-state index contributed by atoms with van der Waals surface area (Å²) >= 11 is 0. The van der Waals surface area contributed by atoms with Gasteiger partial charge in [0.05, 0.1) is 49.4 Å². The number of benzene rings is 2. The Morgan fingerprint density at radius 3 is 2.29 bits per heavy atom. The monoisotopic (exact) mass is 754 g/mol. The lowest BCUT2D eigenvalue weighted by atomic mass is 10.00. The van der Waals surface area contributed by atoms with Gasteiger partial charge < -0.3 is 38.4 Å². The summed E-state index contributed by atoms with van der Waals surface area (Å²) in [5, 5.41) is 14.5. The van der Waals surface area contributed by atoms with Gasteiger partial charge in [0.15, 0.2) is 12.6 Å². The molecular formula is C35H51N2O12PS. The van der Waals surface area contributed by atoms with E-state index in [0.29, 0.717) is 49.0 Å². The smallest absolute Gasteiger partial charge is 0.407 e. The van der Waals surface area contributed by atoms with Crippen LogP contribution < -0.4 is 10.1 Å². The molecule has 284 valence electrons. The molecular weight excluding hydrogens is 703 g/mol. The molecule has 0 aliphatic carbocycles. The van der Waals surface area contributed by atoms with Gasteiger partial charge in [0.25, 0.3) is 0 Å². The van der Waals surface area contributed by atoms with Crippen molar-refractivity contribution in [3.05, 3.63) is 59.7 Å². The zero-order chi connectivity index (χ0) is 37.0.